The first kappa shape index (κ1) is 11.4. The second kappa shape index (κ2) is 5.28. The van der Waals surface area contributed by atoms with E-state index in [1.165, 1.54) is 45.2 Å². The molecule has 0 aromatic carbocycles. The van der Waals surface area contributed by atoms with Crippen molar-refractivity contribution in [2.24, 2.45) is 11.7 Å². The van der Waals surface area contributed by atoms with Gasteiger partial charge in [0.05, 0.1) is 6.61 Å². The molecule has 88 valence electrons. The zero-order valence-electron chi connectivity index (χ0n) is 9.82. The average molecular weight is 212 g/mol. The van der Waals surface area contributed by atoms with Gasteiger partial charge in [-0.2, -0.15) is 0 Å². The molecule has 3 heteroatoms. The zero-order valence-corrected chi connectivity index (χ0v) is 9.82. The minimum Gasteiger partial charge on any atom is -0.384 e. The van der Waals surface area contributed by atoms with Crippen LogP contribution in [0.1, 0.15) is 32.1 Å². The maximum atomic E-state index is 6.16. The number of piperidine rings is 1. The van der Waals surface area contributed by atoms with Gasteiger partial charge in [0.25, 0.3) is 0 Å². The van der Waals surface area contributed by atoms with Crippen LogP contribution in [0.4, 0.5) is 0 Å². The molecule has 1 heterocycles. The summed E-state index contributed by atoms with van der Waals surface area (Å²) in [5.41, 5.74) is 6.16. The molecule has 2 aliphatic rings. The van der Waals surface area contributed by atoms with E-state index in [0.29, 0.717) is 12.1 Å². The Morgan fingerprint density at radius 2 is 2.13 bits per heavy atom. The van der Waals surface area contributed by atoms with Gasteiger partial charge in [0, 0.05) is 25.7 Å². The molecule has 1 saturated carbocycles. The monoisotopic (exact) mass is 212 g/mol. The maximum Gasteiger partial charge on any atom is 0.0502 e. The fourth-order valence-corrected chi connectivity index (χ4v) is 3.19. The van der Waals surface area contributed by atoms with Crippen molar-refractivity contribution >= 4 is 0 Å². The van der Waals surface area contributed by atoms with Gasteiger partial charge >= 0.3 is 0 Å². The van der Waals surface area contributed by atoms with Gasteiger partial charge < -0.3 is 10.5 Å². The highest BCUT2D eigenvalue weighted by Gasteiger charge is 2.32. The second-order valence-corrected chi connectivity index (χ2v) is 5.12. The molecule has 2 fully saturated rings. The second-order valence-electron chi connectivity index (χ2n) is 5.12. The highest BCUT2D eigenvalue weighted by molar-refractivity contribution is 4.90. The molecule has 2 N–H and O–H groups in total. The first-order valence-electron chi connectivity index (χ1n) is 6.30. The quantitative estimate of drug-likeness (QED) is 0.764. The van der Waals surface area contributed by atoms with Crippen LogP contribution in [0, 0.1) is 5.92 Å². The third-order valence-corrected chi connectivity index (χ3v) is 3.95. The minimum atomic E-state index is 0.422. The van der Waals surface area contributed by atoms with Crippen molar-refractivity contribution in [2.75, 3.05) is 26.8 Å². The van der Waals surface area contributed by atoms with Crippen molar-refractivity contribution in [1.82, 2.24) is 4.90 Å². The van der Waals surface area contributed by atoms with Gasteiger partial charge in [-0.05, 0) is 38.1 Å². The number of nitrogens with two attached hydrogens (primary N) is 1. The number of methoxy groups -OCH3 is 1. The van der Waals surface area contributed by atoms with Crippen molar-refractivity contribution in [3.8, 4) is 0 Å². The highest BCUT2D eigenvalue weighted by atomic mass is 16.5. The molecule has 0 spiro atoms. The summed E-state index contributed by atoms with van der Waals surface area (Å²) < 4.78 is 5.26. The summed E-state index contributed by atoms with van der Waals surface area (Å²) in [6.45, 7) is 3.36. The third-order valence-electron chi connectivity index (χ3n) is 3.95. The van der Waals surface area contributed by atoms with Crippen LogP contribution in [0.2, 0.25) is 0 Å². The molecule has 1 saturated heterocycles. The lowest BCUT2D eigenvalue weighted by Crippen LogP contribution is -2.49. The van der Waals surface area contributed by atoms with Crippen LogP contribution in [-0.2, 0) is 4.74 Å². The van der Waals surface area contributed by atoms with Crippen molar-refractivity contribution in [2.45, 2.75) is 44.2 Å². The molecule has 15 heavy (non-hydrogen) atoms. The molecule has 2 rings (SSSR count). The predicted molar refractivity (Wildman–Crippen MR) is 61.8 cm³/mol. The van der Waals surface area contributed by atoms with Crippen LogP contribution < -0.4 is 5.73 Å². The van der Waals surface area contributed by atoms with Crippen molar-refractivity contribution < 1.29 is 4.74 Å². The van der Waals surface area contributed by atoms with Gasteiger partial charge in [-0.25, -0.2) is 0 Å². The van der Waals surface area contributed by atoms with Gasteiger partial charge in [0.15, 0.2) is 0 Å². The molecule has 1 aliphatic heterocycles. The van der Waals surface area contributed by atoms with Gasteiger partial charge in [0.1, 0.15) is 0 Å². The van der Waals surface area contributed by atoms with E-state index in [-0.39, 0.29) is 0 Å². The summed E-state index contributed by atoms with van der Waals surface area (Å²) in [6, 6.07) is 1.08. The van der Waals surface area contributed by atoms with Crippen molar-refractivity contribution in [3.05, 3.63) is 0 Å². The molecule has 1 aliphatic carbocycles. The van der Waals surface area contributed by atoms with Crippen molar-refractivity contribution in [1.29, 1.82) is 0 Å². The molecule has 0 aromatic rings. The van der Waals surface area contributed by atoms with Crippen LogP contribution in [0.15, 0.2) is 0 Å². The van der Waals surface area contributed by atoms with E-state index >= 15 is 0 Å². The van der Waals surface area contributed by atoms with Crippen LogP contribution in [-0.4, -0.2) is 43.8 Å². The summed E-state index contributed by atoms with van der Waals surface area (Å²) in [6.07, 6.45) is 6.48. The van der Waals surface area contributed by atoms with E-state index in [1.54, 1.807) is 7.11 Å². The molecule has 3 nitrogen and oxygen atoms in total. The number of hydrogen-bond donors (Lipinski definition) is 1. The topological polar surface area (TPSA) is 38.5 Å². The van der Waals surface area contributed by atoms with Gasteiger partial charge in [0.2, 0.25) is 0 Å². The summed E-state index contributed by atoms with van der Waals surface area (Å²) in [4.78, 5) is 2.62. The SMILES string of the molecule is COCC1CCCN(C2CCCC2N)C1. The summed E-state index contributed by atoms with van der Waals surface area (Å²) >= 11 is 0. The van der Waals surface area contributed by atoms with E-state index < -0.39 is 0 Å². The Kier molecular flexibility index (Phi) is 4.00. The largest absolute Gasteiger partial charge is 0.384 e. The lowest BCUT2D eigenvalue weighted by atomic mass is 9.96. The van der Waals surface area contributed by atoms with E-state index in [1.807, 2.05) is 0 Å². The predicted octanol–water partition coefficient (Wildman–Crippen LogP) is 1.22. The Labute approximate surface area is 93.0 Å². The Bertz CT molecular complexity index is 196. The van der Waals surface area contributed by atoms with Gasteiger partial charge in [-0.15, -0.1) is 0 Å². The van der Waals surface area contributed by atoms with E-state index in [4.69, 9.17) is 10.5 Å². The summed E-state index contributed by atoms with van der Waals surface area (Å²) in [5.74, 6) is 0.733. The Balaban J connectivity index is 1.86. The molecular weight excluding hydrogens is 188 g/mol. The number of rotatable bonds is 3. The molecule has 0 bridgehead atoms. The number of nitrogens with zero attached hydrogens (tertiary/aromatic N) is 1. The molecule has 3 unspecified atom stereocenters. The molecule has 0 aromatic heterocycles. The Hall–Kier alpha value is -0.120. The standard InChI is InChI=1S/C12H24N2O/c1-15-9-10-4-3-7-14(8-10)12-6-2-5-11(12)13/h10-12H,2-9,13H2,1H3. The van der Waals surface area contributed by atoms with Crippen LogP contribution in [0.5, 0.6) is 0 Å². The first-order chi connectivity index (χ1) is 7.31. The first-order valence-corrected chi connectivity index (χ1v) is 6.30. The van der Waals surface area contributed by atoms with Crippen LogP contribution in [0.25, 0.3) is 0 Å². The smallest absolute Gasteiger partial charge is 0.0502 e. The normalized spacial score (nSPS) is 38.4. The van der Waals surface area contributed by atoms with Gasteiger partial charge in [-0.3, -0.25) is 4.90 Å². The zero-order chi connectivity index (χ0) is 10.7. The Morgan fingerprint density at radius 1 is 1.27 bits per heavy atom. The van der Waals surface area contributed by atoms with Crippen molar-refractivity contribution in [3.63, 3.8) is 0 Å². The van der Waals surface area contributed by atoms with E-state index in [9.17, 15) is 0 Å². The molecule has 0 radical (unpaired) electrons. The number of likely N-dealkylation sites (tertiary alicyclic amines) is 1. The fraction of sp³-hybridized carbons (Fsp3) is 1.00. The van der Waals surface area contributed by atoms with Gasteiger partial charge in [-0.1, -0.05) is 6.42 Å². The maximum absolute atomic E-state index is 6.16. The summed E-state index contributed by atoms with van der Waals surface area (Å²) in [5, 5.41) is 0. The lowest BCUT2D eigenvalue weighted by Gasteiger charge is -2.38. The molecular formula is C12H24N2O. The number of ether oxygens (including phenoxy) is 1. The average Bonchev–Trinajstić information content (AvgIpc) is 2.65. The molecule has 3 atom stereocenters. The molecule has 0 amide bonds. The minimum absolute atomic E-state index is 0.422. The third kappa shape index (κ3) is 2.71. The van der Waals surface area contributed by atoms with Crippen LogP contribution >= 0.6 is 0 Å². The lowest BCUT2D eigenvalue weighted by molar-refractivity contribution is 0.0656. The van der Waals surface area contributed by atoms with Crippen LogP contribution in [0.3, 0.4) is 0 Å². The number of hydrogen-bond acceptors (Lipinski definition) is 3. The summed E-state index contributed by atoms with van der Waals surface area (Å²) in [7, 11) is 1.81. The Morgan fingerprint density at radius 3 is 2.80 bits per heavy atom. The highest BCUT2D eigenvalue weighted by Crippen LogP contribution is 2.27. The fourth-order valence-electron chi connectivity index (χ4n) is 3.19. The van der Waals surface area contributed by atoms with E-state index in [2.05, 4.69) is 4.90 Å². The van der Waals surface area contributed by atoms with E-state index in [0.717, 1.165) is 12.5 Å².